The molecule has 2 aliphatic rings. The molecule has 1 amide bonds. The quantitative estimate of drug-likeness (QED) is 0.828. The van der Waals surface area contributed by atoms with Gasteiger partial charge in [0.25, 0.3) is 0 Å². The molecule has 2 aliphatic heterocycles. The highest BCUT2D eigenvalue weighted by Crippen LogP contribution is 2.24. The van der Waals surface area contributed by atoms with Gasteiger partial charge in [-0.25, -0.2) is 8.42 Å². The van der Waals surface area contributed by atoms with Gasteiger partial charge in [0.2, 0.25) is 5.91 Å². The Morgan fingerprint density at radius 3 is 2.33 bits per heavy atom. The van der Waals surface area contributed by atoms with Crippen molar-refractivity contribution in [3.8, 4) is 0 Å². The van der Waals surface area contributed by atoms with Crippen molar-refractivity contribution in [2.75, 3.05) is 24.6 Å². The molecule has 21 heavy (non-hydrogen) atoms. The van der Waals surface area contributed by atoms with Gasteiger partial charge in [-0.2, -0.15) is 13.2 Å². The van der Waals surface area contributed by atoms with Crippen molar-refractivity contribution in [3.63, 3.8) is 0 Å². The Labute approximate surface area is 121 Å². The summed E-state index contributed by atoms with van der Waals surface area (Å²) in [5, 5.41) is 2.26. The lowest BCUT2D eigenvalue weighted by Gasteiger charge is -2.35. The van der Waals surface area contributed by atoms with Gasteiger partial charge in [-0.3, -0.25) is 9.69 Å². The molecule has 2 heterocycles. The Morgan fingerprint density at radius 1 is 1.14 bits per heavy atom. The molecule has 2 fully saturated rings. The molecule has 0 aromatic heterocycles. The summed E-state index contributed by atoms with van der Waals surface area (Å²) in [7, 11) is -3.32. The van der Waals surface area contributed by atoms with Crippen molar-refractivity contribution in [1.82, 2.24) is 10.2 Å². The summed E-state index contributed by atoms with van der Waals surface area (Å²) in [5.74, 6) is -1.53. The van der Waals surface area contributed by atoms with E-state index in [9.17, 15) is 26.4 Å². The maximum Gasteiger partial charge on any atom is 0.397 e. The van der Waals surface area contributed by atoms with Gasteiger partial charge in [-0.15, -0.1) is 0 Å². The van der Waals surface area contributed by atoms with E-state index >= 15 is 0 Å². The second-order valence-corrected chi connectivity index (χ2v) is 7.86. The number of hydrogen-bond acceptors (Lipinski definition) is 4. The Bertz CT molecular complexity index is 486. The molecule has 0 aromatic rings. The first-order valence-electron chi connectivity index (χ1n) is 6.97. The number of amides is 1. The number of sulfone groups is 1. The highest BCUT2D eigenvalue weighted by Gasteiger charge is 2.43. The fourth-order valence-electron chi connectivity index (χ4n) is 3.02. The molecule has 1 N–H and O–H groups in total. The van der Waals surface area contributed by atoms with Crippen LogP contribution in [0.15, 0.2) is 0 Å². The lowest BCUT2D eigenvalue weighted by Crippen LogP contribution is -2.52. The smallest absolute Gasteiger partial charge is 0.350 e. The third-order valence-electron chi connectivity index (χ3n) is 3.89. The Balaban J connectivity index is 2.02. The molecular weight excluding hydrogens is 309 g/mol. The molecule has 0 unspecified atom stereocenters. The topological polar surface area (TPSA) is 66.5 Å². The van der Waals surface area contributed by atoms with Crippen molar-refractivity contribution in [1.29, 1.82) is 0 Å². The van der Waals surface area contributed by atoms with Crippen molar-refractivity contribution in [2.45, 2.75) is 43.9 Å². The number of piperidine rings is 1. The minimum atomic E-state index is -4.58. The van der Waals surface area contributed by atoms with Crippen LogP contribution in [0.5, 0.6) is 0 Å². The van der Waals surface area contributed by atoms with Gasteiger partial charge in [0.15, 0.2) is 9.84 Å². The normalized spacial score (nSPS) is 30.2. The Morgan fingerprint density at radius 2 is 1.76 bits per heavy atom. The van der Waals surface area contributed by atoms with E-state index < -0.39 is 40.4 Å². The molecule has 0 saturated carbocycles. The Kier molecular flexibility index (Phi) is 4.82. The van der Waals surface area contributed by atoms with Crippen molar-refractivity contribution in [3.05, 3.63) is 0 Å². The molecule has 9 heteroatoms. The first-order chi connectivity index (χ1) is 9.66. The molecule has 0 aliphatic carbocycles. The third-order valence-corrected chi connectivity index (χ3v) is 5.61. The average molecular weight is 328 g/mol. The molecule has 0 aromatic carbocycles. The highest BCUT2D eigenvalue weighted by atomic mass is 32.2. The summed E-state index contributed by atoms with van der Waals surface area (Å²) in [4.78, 5) is 13.4. The maximum absolute atomic E-state index is 12.2. The van der Waals surface area contributed by atoms with Gasteiger partial charge in [0, 0.05) is 6.04 Å². The Hall–Kier alpha value is -0.830. The van der Waals surface area contributed by atoms with E-state index in [4.69, 9.17) is 0 Å². The number of likely N-dealkylation sites (tertiary alicyclic amines) is 1. The van der Waals surface area contributed by atoms with Crippen molar-refractivity contribution in [2.24, 2.45) is 0 Å². The lowest BCUT2D eigenvalue weighted by molar-refractivity contribution is -0.154. The van der Waals surface area contributed by atoms with Crippen LogP contribution in [0.4, 0.5) is 13.2 Å². The van der Waals surface area contributed by atoms with E-state index in [1.54, 1.807) is 0 Å². The van der Waals surface area contributed by atoms with Crippen LogP contribution >= 0.6 is 0 Å². The minimum Gasteiger partial charge on any atom is -0.350 e. The predicted molar refractivity (Wildman–Crippen MR) is 70.5 cm³/mol. The number of hydrogen-bond donors (Lipinski definition) is 1. The zero-order chi connectivity index (χ0) is 15.7. The number of nitrogens with one attached hydrogen (secondary N) is 1. The van der Waals surface area contributed by atoms with Crippen LogP contribution in [0.2, 0.25) is 0 Å². The van der Waals surface area contributed by atoms with Crippen LogP contribution in [0.1, 0.15) is 25.7 Å². The fraction of sp³-hybridized carbons (Fsp3) is 0.917. The van der Waals surface area contributed by atoms with Crippen molar-refractivity contribution >= 4 is 15.7 Å². The standard InChI is InChI=1S/C12H19F3N2O3S/c13-12(14,15)6-11(18)16-9-7-21(19,20)8-10(9)17-4-2-1-3-5-17/h9-10H,1-8H2,(H,16,18)/t9-,10-/m1/s1. The predicted octanol–water partition coefficient (Wildman–Crippen LogP) is 0.706. The van der Waals surface area contributed by atoms with E-state index in [0.717, 1.165) is 32.4 Å². The average Bonchev–Trinajstić information content (AvgIpc) is 2.63. The van der Waals surface area contributed by atoms with Crippen LogP contribution in [-0.2, 0) is 14.6 Å². The summed E-state index contributed by atoms with van der Waals surface area (Å²) in [6, 6.07) is -1.16. The molecule has 2 rings (SSSR count). The van der Waals surface area contributed by atoms with E-state index in [1.165, 1.54) is 0 Å². The highest BCUT2D eigenvalue weighted by molar-refractivity contribution is 7.91. The number of nitrogens with zero attached hydrogens (tertiary/aromatic N) is 1. The molecule has 0 spiro atoms. The largest absolute Gasteiger partial charge is 0.397 e. The minimum absolute atomic E-state index is 0.0933. The summed E-state index contributed by atoms with van der Waals surface area (Å²) in [6.07, 6.45) is -3.20. The molecule has 0 bridgehead atoms. The zero-order valence-electron chi connectivity index (χ0n) is 11.5. The van der Waals surface area contributed by atoms with E-state index in [0.29, 0.717) is 0 Å². The monoisotopic (exact) mass is 328 g/mol. The van der Waals surface area contributed by atoms with Crippen LogP contribution in [0.3, 0.4) is 0 Å². The second-order valence-electron chi connectivity index (χ2n) is 5.71. The second kappa shape index (κ2) is 6.12. The molecule has 122 valence electrons. The SMILES string of the molecule is O=C(CC(F)(F)F)N[C@@H]1CS(=O)(=O)C[C@H]1N1CCCCC1. The first-order valence-corrected chi connectivity index (χ1v) is 8.79. The van der Waals surface area contributed by atoms with Crippen LogP contribution in [0.25, 0.3) is 0 Å². The van der Waals surface area contributed by atoms with Crippen LogP contribution < -0.4 is 5.32 Å². The van der Waals surface area contributed by atoms with Gasteiger partial charge in [0.05, 0.1) is 17.5 Å². The number of halogens is 3. The fourth-order valence-corrected chi connectivity index (χ4v) is 4.97. The molecule has 0 radical (unpaired) electrons. The molecular formula is C12H19F3N2O3S. The summed E-state index contributed by atoms with van der Waals surface area (Å²) >= 11 is 0. The molecule has 2 atom stereocenters. The molecule has 5 nitrogen and oxygen atoms in total. The summed E-state index contributed by atoms with van der Waals surface area (Å²) in [6.45, 7) is 1.46. The van der Waals surface area contributed by atoms with E-state index in [-0.39, 0.29) is 11.5 Å². The summed E-state index contributed by atoms with van der Waals surface area (Å²) in [5.41, 5.74) is 0. The van der Waals surface area contributed by atoms with Gasteiger partial charge in [-0.05, 0) is 25.9 Å². The van der Waals surface area contributed by atoms with E-state index in [2.05, 4.69) is 5.32 Å². The van der Waals surface area contributed by atoms with Gasteiger partial charge >= 0.3 is 6.18 Å². The van der Waals surface area contributed by atoms with Gasteiger partial charge in [-0.1, -0.05) is 6.42 Å². The number of rotatable bonds is 3. The lowest BCUT2D eigenvalue weighted by atomic mass is 10.0. The molecule has 2 saturated heterocycles. The number of carbonyl (C=O) groups excluding carboxylic acids is 1. The van der Waals surface area contributed by atoms with E-state index in [1.807, 2.05) is 4.90 Å². The number of alkyl halides is 3. The van der Waals surface area contributed by atoms with Gasteiger partial charge in [0.1, 0.15) is 6.42 Å². The summed E-state index contributed by atoms with van der Waals surface area (Å²) < 4.78 is 60.1. The zero-order valence-corrected chi connectivity index (χ0v) is 12.3. The first kappa shape index (κ1) is 16.5. The van der Waals surface area contributed by atoms with Crippen LogP contribution in [-0.4, -0.2) is 62.1 Å². The number of carbonyl (C=O) groups is 1. The third kappa shape index (κ3) is 4.84. The van der Waals surface area contributed by atoms with Crippen LogP contribution in [0, 0.1) is 0 Å². The maximum atomic E-state index is 12.2. The van der Waals surface area contributed by atoms with Gasteiger partial charge < -0.3 is 5.32 Å². The van der Waals surface area contributed by atoms with Crippen molar-refractivity contribution < 1.29 is 26.4 Å².